The van der Waals surface area contributed by atoms with Gasteiger partial charge < -0.3 is 15.0 Å². The molecule has 0 atom stereocenters. The molecule has 0 aromatic carbocycles. The summed E-state index contributed by atoms with van der Waals surface area (Å²) < 4.78 is 1.97. The fourth-order valence-corrected chi connectivity index (χ4v) is 2.42. The van der Waals surface area contributed by atoms with E-state index in [9.17, 15) is 0 Å². The molecule has 0 amide bonds. The van der Waals surface area contributed by atoms with E-state index in [-0.39, 0.29) is 0 Å². The van der Waals surface area contributed by atoms with Crippen LogP contribution in [0.15, 0.2) is 30.3 Å². The second-order valence-electron chi connectivity index (χ2n) is 4.38. The van der Waals surface area contributed by atoms with E-state index in [1.54, 1.807) is 17.5 Å². The SMILES string of the molecule is CCCNc1cn2ccnc2c(NCc2cncs2)n1. The topological polar surface area (TPSA) is 67.1 Å². The zero-order chi connectivity index (χ0) is 13.8. The van der Waals surface area contributed by atoms with Crippen LogP contribution in [-0.4, -0.2) is 25.9 Å². The standard InChI is InChI=1S/C13H16N6S/c1-2-3-15-11-8-19-5-4-16-13(19)12(18-11)17-7-10-6-14-9-20-10/h4-6,8-9,15H,2-3,7H2,1H3,(H,17,18). The van der Waals surface area contributed by atoms with Gasteiger partial charge in [0.2, 0.25) is 0 Å². The first-order valence-electron chi connectivity index (χ1n) is 6.55. The van der Waals surface area contributed by atoms with E-state index in [0.29, 0.717) is 6.54 Å². The predicted octanol–water partition coefficient (Wildman–Crippen LogP) is 2.62. The molecule has 0 saturated carbocycles. The summed E-state index contributed by atoms with van der Waals surface area (Å²) in [5, 5.41) is 6.63. The van der Waals surface area contributed by atoms with Crippen molar-refractivity contribution in [3.05, 3.63) is 35.2 Å². The van der Waals surface area contributed by atoms with Crippen LogP contribution in [0.3, 0.4) is 0 Å². The van der Waals surface area contributed by atoms with Crippen molar-refractivity contribution in [2.24, 2.45) is 0 Å². The molecule has 0 spiro atoms. The van der Waals surface area contributed by atoms with Crippen LogP contribution < -0.4 is 10.6 Å². The van der Waals surface area contributed by atoms with Crippen molar-refractivity contribution < 1.29 is 0 Å². The van der Waals surface area contributed by atoms with E-state index in [1.165, 1.54) is 4.88 Å². The summed E-state index contributed by atoms with van der Waals surface area (Å²) in [7, 11) is 0. The Kier molecular flexibility index (Phi) is 3.78. The Bertz CT molecular complexity index is 675. The molecule has 2 N–H and O–H groups in total. The minimum absolute atomic E-state index is 0.706. The Labute approximate surface area is 120 Å². The Balaban J connectivity index is 1.85. The highest BCUT2D eigenvalue weighted by atomic mass is 32.1. The van der Waals surface area contributed by atoms with Gasteiger partial charge in [0, 0.05) is 30.0 Å². The molecule has 3 heterocycles. The van der Waals surface area contributed by atoms with Crippen molar-refractivity contribution in [2.75, 3.05) is 17.2 Å². The molecule has 0 aliphatic heterocycles. The first kappa shape index (κ1) is 12.9. The van der Waals surface area contributed by atoms with Crippen molar-refractivity contribution in [2.45, 2.75) is 19.9 Å². The first-order chi connectivity index (χ1) is 9.86. The smallest absolute Gasteiger partial charge is 0.180 e. The van der Waals surface area contributed by atoms with E-state index >= 15 is 0 Å². The van der Waals surface area contributed by atoms with Crippen LogP contribution in [0, 0.1) is 0 Å². The molecular weight excluding hydrogens is 272 g/mol. The molecule has 0 saturated heterocycles. The van der Waals surface area contributed by atoms with Gasteiger partial charge in [-0.1, -0.05) is 6.92 Å². The van der Waals surface area contributed by atoms with Gasteiger partial charge in [-0.25, -0.2) is 9.97 Å². The lowest BCUT2D eigenvalue weighted by molar-refractivity contribution is 0.960. The number of hydrogen-bond acceptors (Lipinski definition) is 6. The van der Waals surface area contributed by atoms with E-state index in [2.05, 4.69) is 32.5 Å². The number of hydrogen-bond donors (Lipinski definition) is 2. The monoisotopic (exact) mass is 288 g/mol. The second kappa shape index (κ2) is 5.87. The van der Waals surface area contributed by atoms with Gasteiger partial charge in [-0.05, 0) is 6.42 Å². The van der Waals surface area contributed by atoms with Gasteiger partial charge in [0.1, 0.15) is 5.82 Å². The van der Waals surface area contributed by atoms with Gasteiger partial charge >= 0.3 is 0 Å². The third kappa shape index (κ3) is 2.72. The molecule has 3 aromatic rings. The number of aromatic nitrogens is 4. The van der Waals surface area contributed by atoms with E-state index in [4.69, 9.17) is 0 Å². The molecule has 104 valence electrons. The summed E-state index contributed by atoms with van der Waals surface area (Å²) in [6.07, 6.45) is 8.58. The highest BCUT2D eigenvalue weighted by Gasteiger charge is 2.07. The van der Waals surface area contributed by atoms with E-state index < -0.39 is 0 Å². The zero-order valence-corrected chi connectivity index (χ0v) is 12.0. The van der Waals surface area contributed by atoms with E-state index in [0.717, 1.165) is 30.2 Å². The summed E-state index contributed by atoms with van der Waals surface area (Å²) >= 11 is 1.62. The number of anilines is 2. The average molecular weight is 288 g/mol. The molecule has 0 fully saturated rings. The number of rotatable bonds is 6. The fraction of sp³-hybridized carbons (Fsp3) is 0.308. The molecule has 0 aliphatic rings. The van der Waals surface area contributed by atoms with Gasteiger partial charge in [-0.3, -0.25) is 4.98 Å². The second-order valence-corrected chi connectivity index (χ2v) is 5.35. The molecule has 6 nitrogen and oxygen atoms in total. The van der Waals surface area contributed by atoms with Gasteiger partial charge in [0.15, 0.2) is 11.5 Å². The Morgan fingerprint density at radius 1 is 1.35 bits per heavy atom. The maximum absolute atomic E-state index is 4.59. The molecular formula is C13H16N6S. The van der Waals surface area contributed by atoms with Gasteiger partial charge in [0.25, 0.3) is 0 Å². The van der Waals surface area contributed by atoms with Crippen molar-refractivity contribution in [1.29, 1.82) is 0 Å². The van der Waals surface area contributed by atoms with Crippen LogP contribution in [-0.2, 0) is 6.54 Å². The molecule has 3 aromatic heterocycles. The summed E-state index contributed by atoms with van der Waals surface area (Å²) in [5.74, 6) is 1.63. The highest BCUT2D eigenvalue weighted by molar-refractivity contribution is 7.09. The first-order valence-corrected chi connectivity index (χ1v) is 7.43. The summed E-state index contributed by atoms with van der Waals surface area (Å²) in [4.78, 5) is 14.2. The van der Waals surface area contributed by atoms with Crippen LogP contribution in [0.1, 0.15) is 18.2 Å². The minimum atomic E-state index is 0.706. The number of imidazole rings is 1. The maximum Gasteiger partial charge on any atom is 0.180 e. The third-order valence-electron chi connectivity index (χ3n) is 2.84. The molecule has 0 unspecified atom stereocenters. The van der Waals surface area contributed by atoms with Gasteiger partial charge in [-0.15, -0.1) is 11.3 Å². The average Bonchev–Trinajstić information content (AvgIpc) is 3.13. The normalized spacial score (nSPS) is 10.8. The van der Waals surface area contributed by atoms with Crippen molar-refractivity contribution in [3.63, 3.8) is 0 Å². The van der Waals surface area contributed by atoms with Crippen LogP contribution >= 0.6 is 11.3 Å². The van der Waals surface area contributed by atoms with Crippen molar-refractivity contribution in [3.8, 4) is 0 Å². The van der Waals surface area contributed by atoms with Gasteiger partial charge in [-0.2, -0.15) is 0 Å². The maximum atomic E-state index is 4.59. The molecule has 0 radical (unpaired) electrons. The van der Waals surface area contributed by atoms with E-state index in [1.807, 2.05) is 28.5 Å². The van der Waals surface area contributed by atoms with Crippen molar-refractivity contribution >= 4 is 28.6 Å². The zero-order valence-electron chi connectivity index (χ0n) is 11.2. The molecule has 0 aliphatic carbocycles. The molecule has 7 heteroatoms. The Hall–Kier alpha value is -2.15. The predicted molar refractivity (Wildman–Crippen MR) is 81.2 cm³/mol. The van der Waals surface area contributed by atoms with Crippen LogP contribution in [0.2, 0.25) is 0 Å². The summed E-state index contributed by atoms with van der Waals surface area (Å²) in [5.41, 5.74) is 2.66. The third-order valence-corrected chi connectivity index (χ3v) is 3.62. The lowest BCUT2D eigenvalue weighted by Gasteiger charge is -2.10. The molecule has 0 bridgehead atoms. The van der Waals surface area contributed by atoms with Crippen LogP contribution in [0.4, 0.5) is 11.6 Å². The Morgan fingerprint density at radius 3 is 3.10 bits per heavy atom. The summed E-state index contributed by atoms with van der Waals surface area (Å²) in [6, 6.07) is 0. The van der Waals surface area contributed by atoms with Crippen LogP contribution in [0.5, 0.6) is 0 Å². The lowest BCUT2D eigenvalue weighted by atomic mass is 10.4. The van der Waals surface area contributed by atoms with Crippen molar-refractivity contribution in [1.82, 2.24) is 19.4 Å². The number of nitrogens with one attached hydrogen (secondary N) is 2. The quantitative estimate of drug-likeness (QED) is 0.730. The number of fused-ring (bicyclic) bond motifs is 1. The fourth-order valence-electron chi connectivity index (χ4n) is 1.89. The Morgan fingerprint density at radius 2 is 2.30 bits per heavy atom. The highest BCUT2D eigenvalue weighted by Crippen LogP contribution is 2.18. The number of nitrogens with zero attached hydrogens (tertiary/aromatic N) is 4. The lowest BCUT2D eigenvalue weighted by Crippen LogP contribution is -2.08. The molecule has 3 rings (SSSR count). The molecule has 20 heavy (non-hydrogen) atoms. The van der Waals surface area contributed by atoms with Crippen LogP contribution in [0.25, 0.3) is 5.65 Å². The van der Waals surface area contributed by atoms with Gasteiger partial charge in [0.05, 0.1) is 18.3 Å². The largest absolute Gasteiger partial charge is 0.369 e. The summed E-state index contributed by atoms with van der Waals surface area (Å²) in [6.45, 7) is 3.74. The number of thiazole rings is 1. The minimum Gasteiger partial charge on any atom is -0.369 e.